The van der Waals surface area contributed by atoms with E-state index in [-0.39, 0.29) is 17.6 Å². The molecule has 2 aromatic carbocycles. The Kier molecular flexibility index (Phi) is 5.38. The largest absolute Gasteiger partial charge is 0.207 e. The van der Waals surface area contributed by atoms with Crippen LogP contribution in [-0.4, -0.2) is 5.88 Å². The fraction of sp³-hybridized carbons (Fsp3) is 0.250. The van der Waals surface area contributed by atoms with E-state index in [1.807, 2.05) is 0 Å². The molecule has 0 fully saturated rings. The third kappa shape index (κ3) is 4.19. The van der Waals surface area contributed by atoms with E-state index in [1.165, 1.54) is 24.3 Å². The van der Waals surface area contributed by atoms with E-state index in [0.29, 0.717) is 23.7 Å². The van der Waals surface area contributed by atoms with E-state index in [0.717, 1.165) is 11.1 Å². The summed E-state index contributed by atoms with van der Waals surface area (Å²) in [6.07, 6.45) is 1.30. The van der Waals surface area contributed by atoms with Crippen molar-refractivity contribution in [2.24, 2.45) is 5.92 Å². The lowest BCUT2D eigenvalue weighted by Crippen LogP contribution is -2.10. The summed E-state index contributed by atoms with van der Waals surface area (Å²) in [6, 6.07) is 10.7. The summed E-state index contributed by atoms with van der Waals surface area (Å²) in [7, 11) is 0. The number of hydrogen-bond acceptors (Lipinski definition) is 0. The van der Waals surface area contributed by atoms with Crippen molar-refractivity contribution in [2.45, 2.75) is 12.8 Å². The summed E-state index contributed by atoms with van der Waals surface area (Å²) in [5.74, 6) is -0.00481. The molecule has 0 spiro atoms. The van der Waals surface area contributed by atoms with Gasteiger partial charge in [-0.05, 0) is 60.2 Å². The van der Waals surface area contributed by atoms with Gasteiger partial charge in [-0.25, -0.2) is 8.78 Å². The molecule has 0 N–H and O–H groups in total. The monoisotopic (exact) mass is 314 g/mol. The van der Waals surface area contributed by atoms with Crippen LogP contribution in [0.3, 0.4) is 0 Å². The number of hydrogen-bond donors (Lipinski definition) is 0. The van der Waals surface area contributed by atoms with Crippen LogP contribution >= 0.6 is 23.2 Å². The predicted octanol–water partition coefficient (Wildman–Crippen LogP) is 5.26. The molecule has 20 heavy (non-hydrogen) atoms. The molecule has 0 saturated carbocycles. The molecular formula is C16H14Cl2F2. The second-order valence-corrected chi connectivity index (χ2v) is 5.51. The molecule has 0 aliphatic carbocycles. The SMILES string of the molecule is Fc1ccc(CC(CCl)Cc2cc(F)ccc2Cl)cc1. The van der Waals surface area contributed by atoms with Crippen molar-refractivity contribution in [2.75, 3.05) is 5.88 Å². The Hall–Kier alpha value is -1.12. The van der Waals surface area contributed by atoms with Gasteiger partial charge >= 0.3 is 0 Å². The van der Waals surface area contributed by atoms with E-state index >= 15 is 0 Å². The Morgan fingerprint density at radius 3 is 2.20 bits per heavy atom. The summed E-state index contributed by atoms with van der Waals surface area (Å²) in [5.41, 5.74) is 1.75. The standard InChI is InChI=1S/C16H14Cl2F2/c17-10-12(7-11-1-3-14(19)4-2-11)8-13-9-15(20)5-6-16(13)18/h1-6,9,12H,7-8,10H2. The molecule has 0 nitrogen and oxygen atoms in total. The Bertz CT molecular complexity index is 567. The topological polar surface area (TPSA) is 0 Å². The van der Waals surface area contributed by atoms with Gasteiger partial charge in [-0.15, -0.1) is 11.6 Å². The number of benzene rings is 2. The minimum atomic E-state index is -0.306. The quantitative estimate of drug-likeness (QED) is 0.660. The third-order valence-corrected chi connectivity index (χ3v) is 3.98. The number of rotatable bonds is 5. The lowest BCUT2D eigenvalue weighted by Gasteiger charge is -2.15. The zero-order chi connectivity index (χ0) is 14.5. The third-order valence-electron chi connectivity index (χ3n) is 3.17. The molecule has 1 atom stereocenters. The molecule has 0 aliphatic heterocycles. The highest BCUT2D eigenvalue weighted by Crippen LogP contribution is 2.23. The highest BCUT2D eigenvalue weighted by Gasteiger charge is 2.13. The van der Waals surface area contributed by atoms with Gasteiger partial charge in [-0.3, -0.25) is 0 Å². The summed E-state index contributed by atoms with van der Waals surface area (Å²) in [6.45, 7) is 0. The van der Waals surface area contributed by atoms with Gasteiger partial charge in [0, 0.05) is 10.9 Å². The Labute approximate surface area is 127 Å². The number of alkyl halides is 1. The lowest BCUT2D eigenvalue weighted by atomic mass is 9.94. The fourth-order valence-corrected chi connectivity index (χ4v) is 2.56. The van der Waals surface area contributed by atoms with Gasteiger partial charge < -0.3 is 0 Å². The van der Waals surface area contributed by atoms with Crippen LogP contribution in [-0.2, 0) is 12.8 Å². The van der Waals surface area contributed by atoms with Crippen LogP contribution in [0.2, 0.25) is 5.02 Å². The van der Waals surface area contributed by atoms with Crippen LogP contribution in [0.25, 0.3) is 0 Å². The van der Waals surface area contributed by atoms with E-state index in [4.69, 9.17) is 23.2 Å². The van der Waals surface area contributed by atoms with Gasteiger partial charge in [0.25, 0.3) is 0 Å². The van der Waals surface area contributed by atoms with Crippen molar-refractivity contribution in [3.63, 3.8) is 0 Å². The summed E-state index contributed by atoms with van der Waals surface area (Å²) >= 11 is 12.0. The van der Waals surface area contributed by atoms with Gasteiger partial charge in [-0.2, -0.15) is 0 Å². The highest BCUT2D eigenvalue weighted by molar-refractivity contribution is 6.31. The predicted molar refractivity (Wildman–Crippen MR) is 79.4 cm³/mol. The van der Waals surface area contributed by atoms with Crippen LogP contribution in [0.1, 0.15) is 11.1 Å². The maximum absolute atomic E-state index is 13.2. The first-order valence-corrected chi connectivity index (χ1v) is 7.24. The molecule has 2 rings (SSSR count). The molecule has 2 aromatic rings. The maximum Gasteiger partial charge on any atom is 0.123 e. The van der Waals surface area contributed by atoms with Crippen LogP contribution in [0, 0.1) is 17.6 Å². The van der Waals surface area contributed by atoms with Crippen LogP contribution in [0.5, 0.6) is 0 Å². The minimum absolute atomic E-state index is 0.126. The first-order chi connectivity index (χ1) is 9.58. The molecule has 1 unspecified atom stereocenters. The molecule has 0 heterocycles. The van der Waals surface area contributed by atoms with E-state index in [9.17, 15) is 8.78 Å². The second-order valence-electron chi connectivity index (χ2n) is 4.79. The molecule has 0 bridgehead atoms. The van der Waals surface area contributed by atoms with E-state index in [2.05, 4.69) is 0 Å². The molecule has 4 heteroatoms. The summed E-state index contributed by atoms with van der Waals surface area (Å²) in [5, 5.41) is 0.542. The van der Waals surface area contributed by atoms with Crippen molar-refractivity contribution in [1.29, 1.82) is 0 Å². The van der Waals surface area contributed by atoms with E-state index in [1.54, 1.807) is 18.2 Å². The first kappa shape index (κ1) is 15.3. The molecule has 0 aromatic heterocycles. The molecule has 0 aliphatic rings. The van der Waals surface area contributed by atoms with Crippen LogP contribution in [0.4, 0.5) is 8.78 Å². The zero-order valence-electron chi connectivity index (χ0n) is 10.8. The van der Waals surface area contributed by atoms with Gasteiger partial charge in [0.1, 0.15) is 11.6 Å². The molecule has 0 radical (unpaired) electrons. The first-order valence-electron chi connectivity index (χ1n) is 6.33. The highest BCUT2D eigenvalue weighted by atomic mass is 35.5. The summed E-state index contributed by atoms with van der Waals surface area (Å²) < 4.78 is 26.1. The lowest BCUT2D eigenvalue weighted by molar-refractivity contribution is 0.574. The van der Waals surface area contributed by atoms with Gasteiger partial charge in [-0.1, -0.05) is 23.7 Å². The molecule has 106 valence electrons. The Balaban J connectivity index is 2.08. The van der Waals surface area contributed by atoms with Gasteiger partial charge in [0.05, 0.1) is 0 Å². The second kappa shape index (κ2) is 7.05. The molecule has 0 saturated heterocycles. The Morgan fingerprint density at radius 1 is 0.900 bits per heavy atom. The average molecular weight is 315 g/mol. The zero-order valence-corrected chi connectivity index (χ0v) is 12.3. The van der Waals surface area contributed by atoms with Crippen LogP contribution < -0.4 is 0 Å². The van der Waals surface area contributed by atoms with Crippen molar-refractivity contribution < 1.29 is 8.78 Å². The maximum atomic E-state index is 13.2. The van der Waals surface area contributed by atoms with Gasteiger partial charge in [0.2, 0.25) is 0 Å². The fourth-order valence-electron chi connectivity index (χ4n) is 2.15. The van der Waals surface area contributed by atoms with Crippen molar-refractivity contribution in [3.8, 4) is 0 Å². The summed E-state index contributed by atoms with van der Waals surface area (Å²) in [4.78, 5) is 0. The molecular weight excluding hydrogens is 301 g/mol. The normalized spacial score (nSPS) is 12.4. The van der Waals surface area contributed by atoms with Crippen molar-refractivity contribution in [3.05, 3.63) is 70.2 Å². The van der Waals surface area contributed by atoms with Crippen LogP contribution in [0.15, 0.2) is 42.5 Å². The minimum Gasteiger partial charge on any atom is -0.207 e. The van der Waals surface area contributed by atoms with Crippen molar-refractivity contribution >= 4 is 23.2 Å². The average Bonchev–Trinajstić information content (AvgIpc) is 2.44. The Morgan fingerprint density at radius 2 is 1.55 bits per heavy atom. The van der Waals surface area contributed by atoms with E-state index < -0.39 is 0 Å². The van der Waals surface area contributed by atoms with Crippen molar-refractivity contribution in [1.82, 2.24) is 0 Å². The van der Waals surface area contributed by atoms with Gasteiger partial charge in [0.15, 0.2) is 0 Å². The molecule has 0 amide bonds. The smallest absolute Gasteiger partial charge is 0.123 e. The number of halogens is 4.